The standard InChI is InChI=1S/C26H24F3N3O2/c1-34-15-14-30-24(33)13-11-22-25(18-6-3-2-4-7-18)31-23-12-10-20(17-32(22)23)19-8-5-9-21(16-19)26(27,28)29/h2-10,12,16-17H,11,13-15H2,1H3,(H,30,33). The zero-order valence-electron chi connectivity index (χ0n) is 18.6. The molecule has 4 rings (SSSR count). The number of fused-ring (bicyclic) bond motifs is 1. The lowest BCUT2D eigenvalue weighted by atomic mass is 10.0. The molecule has 1 N–H and O–H groups in total. The van der Waals surface area contributed by atoms with Gasteiger partial charge < -0.3 is 14.5 Å². The Balaban J connectivity index is 1.73. The van der Waals surface area contributed by atoms with Crippen molar-refractivity contribution < 1.29 is 22.7 Å². The highest BCUT2D eigenvalue weighted by Crippen LogP contribution is 2.33. The van der Waals surface area contributed by atoms with Crippen molar-refractivity contribution in [2.24, 2.45) is 0 Å². The Morgan fingerprint density at radius 1 is 1.00 bits per heavy atom. The topological polar surface area (TPSA) is 55.6 Å². The number of hydrogen-bond donors (Lipinski definition) is 1. The molecule has 176 valence electrons. The highest BCUT2D eigenvalue weighted by molar-refractivity contribution is 5.77. The van der Waals surface area contributed by atoms with Crippen LogP contribution in [0.2, 0.25) is 0 Å². The molecule has 34 heavy (non-hydrogen) atoms. The summed E-state index contributed by atoms with van der Waals surface area (Å²) >= 11 is 0. The van der Waals surface area contributed by atoms with Crippen LogP contribution in [0.5, 0.6) is 0 Å². The van der Waals surface area contributed by atoms with Crippen LogP contribution in [0, 0.1) is 0 Å². The summed E-state index contributed by atoms with van der Waals surface area (Å²) in [6, 6.07) is 18.4. The molecule has 0 aliphatic carbocycles. The molecule has 0 spiro atoms. The molecular formula is C26H24F3N3O2. The van der Waals surface area contributed by atoms with Crippen molar-refractivity contribution in [3.05, 3.63) is 84.2 Å². The fourth-order valence-corrected chi connectivity index (χ4v) is 3.82. The zero-order chi connectivity index (χ0) is 24.1. The number of hydrogen-bond acceptors (Lipinski definition) is 3. The van der Waals surface area contributed by atoms with Gasteiger partial charge in [-0.1, -0.05) is 42.5 Å². The smallest absolute Gasteiger partial charge is 0.383 e. The van der Waals surface area contributed by atoms with Gasteiger partial charge in [-0.2, -0.15) is 13.2 Å². The van der Waals surface area contributed by atoms with Crippen LogP contribution in [-0.2, 0) is 22.1 Å². The Bertz CT molecular complexity index is 1280. The first kappa shape index (κ1) is 23.5. The van der Waals surface area contributed by atoms with Gasteiger partial charge in [0.25, 0.3) is 0 Å². The number of carbonyl (C=O) groups excluding carboxylic acids is 1. The number of alkyl halides is 3. The first-order chi connectivity index (χ1) is 16.4. The SMILES string of the molecule is COCCNC(=O)CCc1c(-c2ccccc2)nc2ccc(-c3cccc(C(F)(F)F)c3)cn12. The summed E-state index contributed by atoms with van der Waals surface area (Å²) in [6.45, 7) is 0.852. The first-order valence-corrected chi connectivity index (χ1v) is 10.9. The Morgan fingerprint density at radius 2 is 1.76 bits per heavy atom. The number of pyridine rings is 1. The summed E-state index contributed by atoms with van der Waals surface area (Å²) in [6.07, 6.45) is -1.99. The van der Waals surface area contributed by atoms with Crippen LogP contribution in [0.25, 0.3) is 28.0 Å². The van der Waals surface area contributed by atoms with Crippen LogP contribution in [0.15, 0.2) is 72.9 Å². The molecule has 0 saturated carbocycles. The number of aryl methyl sites for hydroxylation is 1. The third-order valence-corrected chi connectivity index (χ3v) is 5.51. The van der Waals surface area contributed by atoms with Crippen molar-refractivity contribution >= 4 is 11.6 Å². The van der Waals surface area contributed by atoms with Crippen molar-refractivity contribution in [1.29, 1.82) is 0 Å². The van der Waals surface area contributed by atoms with Gasteiger partial charge in [-0.25, -0.2) is 4.98 Å². The van der Waals surface area contributed by atoms with Crippen molar-refractivity contribution in [2.45, 2.75) is 19.0 Å². The Hall–Kier alpha value is -3.65. The number of ether oxygens (including phenoxy) is 1. The van der Waals surface area contributed by atoms with Crippen molar-refractivity contribution in [1.82, 2.24) is 14.7 Å². The van der Waals surface area contributed by atoms with Gasteiger partial charge in [-0.3, -0.25) is 4.79 Å². The van der Waals surface area contributed by atoms with Gasteiger partial charge in [0, 0.05) is 31.8 Å². The molecule has 4 aromatic rings. The van der Waals surface area contributed by atoms with Gasteiger partial charge in [0.15, 0.2) is 0 Å². The van der Waals surface area contributed by atoms with E-state index < -0.39 is 11.7 Å². The molecule has 2 aromatic heterocycles. The average Bonchev–Trinajstić information content (AvgIpc) is 3.21. The van der Waals surface area contributed by atoms with E-state index in [0.717, 1.165) is 29.1 Å². The molecule has 1 amide bonds. The molecule has 0 saturated heterocycles. The van der Waals surface area contributed by atoms with E-state index in [9.17, 15) is 18.0 Å². The number of methoxy groups -OCH3 is 1. The zero-order valence-corrected chi connectivity index (χ0v) is 18.6. The second kappa shape index (κ2) is 10.1. The second-order valence-corrected chi connectivity index (χ2v) is 7.84. The highest BCUT2D eigenvalue weighted by atomic mass is 19.4. The van der Waals surface area contributed by atoms with Crippen molar-refractivity contribution in [3.8, 4) is 22.4 Å². The van der Waals surface area contributed by atoms with E-state index in [1.807, 2.05) is 34.7 Å². The monoisotopic (exact) mass is 467 g/mol. The van der Waals surface area contributed by atoms with Crippen molar-refractivity contribution in [3.63, 3.8) is 0 Å². The molecule has 0 unspecified atom stereocenters. The Labute approximate surface area is 195 Å². The predicted octanol–water partition coefficient (Wildman–Crippen LogP) is 5.38. The van der Waals surface area contributed by atoms with Crippen LogP contribution in [0.4, 0.5) is 13.2 Å². The lowest BCUT2D eigenvalue weighted by Crippen LogP contribution is -2.27. The Kier molecular flexibility index (Phi) is 6.98. The minimum atomic E-state index is -4.42. The quantitative estimate of drug-likeness (QED) is 0.354. The summed E-state index contributed by atoms with van der Waals surface area (Å²) in [7, 11) is 1.57. The number of benzene rings is 2. The molecule has 2 heterocycles. The van der Waals surface area contributed by atoms with E-state index in [-0.39, 0.29) is 12.3 Å². The maximum Gasteiger partial charge on any atom is 0.416 e. The first-order valence-electron chi connectivity index (χ1n) is 10.9. The van der Waals surface area contributed by atoms with Crippen LogP contribution < -0.4 is 5.32 Å². The number of imidazole rings is 1. The average molecular weight is 467 g/mol. The minimum Gasteiger partial charge on any atom is -0.383 e. The number of amides is 1. The van der Waals surface area contributed by atoms with Gasteiger partial charge in [-0.15, -0.1) is 0 Å². The van der Waals surface area contributed by atoms with E-state index in [1.54, 1.807) is 31.5 Å². The second-order valence-electron chi connectivity index (χ2n) is 7.84. The minimum absolute atomic E-state index is 0.111. The summed E-state index contributed by atoms with van der Waals surface area (Å²) in [4.78, 5) is 17.1. The maximum atomic E-state index is 13.2. The van der Waals surface area contributed by atoms with Gasteiger partial charge >= 0.3 is 6.18 Å². The van der Waals surface area contributed by atoms with Crippen LogP contribution in [-0.4, -0.2) is 35.6 Å². The van der Waals surface area contributed by atoms with Gasteiger partial charge in [0.2, 0.25) is 5.91 Å². The number of carbonyl (C=O) groups is 1. The number of halogens is 3. The Morgan fingerprint density at radius 3 is 2.50 bits per heavy atom. The largest absolute Gasteiger partial charge is 0.416 e. The molecule has 8 heteroatoms. The van der Waals surface area contributed by atoms with E-state index in [1.165, 1.54) is 6.07 Å². The molecule has 0 atom stereocenters. The summed E-state index contributed by atoms with van der Waals surface area (Å²) in [5.41, 5.74) is 3.50. The molecule has 0 radical (unpaired) electrons. The van der Waals surface area contributed by atoms with Crippen LogP contribution in [0.3, 0.4) is 0 Å². The molecule has 0 bridgehead atoms. The predicted molar refractivity (Wildman–Crippen MR) is 124 cm³/mol. The molecule has 0 aliphatic heterocycles. The molecule has 5 nitrogen and oxygen atoms in total. The van der Waals surface area contributed by atoms with Crippen molar-refractivity contribution in [2.75, 3.05) is 20.3 Å². The number of aromatic nitrogens is 2. The number of nitrogens with one attached hydrogen (secondary N) is 1. The van der Waals surface area contributed by atoms with E-state index in [0.29, 0.717) is 36.3 Å². The highest BCUT2D eigenvalue weighted by Gasteiger charge is 2.30. The van der Waals surface area contributed by atoms with Gasteiger partial charge in [-0.05, 0) is 41.8 Å². The van der Waals surface area contributed by atoms with Gasteiger partial charge in [0.1, 0.15) is 5.65 Å². The lowest BCUT2D eigenvalue weighted by molar-refractivity contribution is -0.137. The van der Waals surface area contributed by atoms with E-state index >= 15 is 0 Å². The number of nitrogens with zero attached hydrogens (tertiary/aromatic N) is 2. The molecular weight excluding hydrogens is 443 g/mol. The fourth-order valence-electron chi connectivity index (χ4n) is 3.82. The summed E-state index contributed by atoms with van der Waals surface area (Å²) in [5.74, 6) is -0.111. The number of rotatable bonds is 8. The van der Waals surface area contributed by atoms with E-state index in [2.05, 4.69) is 5.32 Å². The molecule has 0 aliphatic rings. The van der Waals surface area contributed by atoms with E-state index in [4.69, 9.17) is 9.72 Å². The third-order valence-electron chi connectivity index (χ3n) is 5.51. The third kappa shape index (κ3) is 5.28. The normalized spacial score (nSPS) is 11.6. The maximum absolute atomic E-state index is 13.2. The molecule has 2 aromatic carbocycles. The fraction of sp³-hybridized carbons (Fsp3) is 0.231. The lowest BCUT2D eigenvalue weighted by Gasteiger charge is -2.10. The summed E-state index contributed by atoms with van der Waals surface area (Å²) in [5, 5.41) is 2.81. The molecule has 0 fully saturated rings. The van der Waals surface area contributed by atoms with Crippen LogP contribution >= 0.6 is 0 Å². The summed E-state index contributed by atoms with van der Waals surface area (Å²) < 4.78 is 46.5. The van der Waals surface area contributed by atoms with Crippen LogP contribution in [0.1, 0.15) is 17.7 Å². The van der Waals surface area contributed by atoms with Gasteiger partial charge in [0.05, 0.1) is 23.6 Å².